The molecule has 0 radical (unpaired) electrons. The number of hydrogen-bond acceptors (Lipinski definition) is 4. The third-order valence-electron chi connectivity index (χ3n) is 4.78. The molecular weight excluding hydrogens is 366 g/mol. The summed E-state index contributed by atoms with van der Waals surface area (Å²) < 4.78 is 34.2. The molecule has 1 aliphatic carbocycles. The molecule has 0 spiro atoms. The first-order valence-electron chi connectivity index (χ1n) is 8.60. The number of hydrogen-bond donors (Lipinski definition) is 1. The average molecular weight is 380 g/mol. The van der Waals surface area contributed by atoms with Gasteiger partial charge >= 0.3 is 0 Å². The van der Waals surface area contributed by atoms with Crippen molar-refractivity contribution in [2.75, 3.05) is 0 Å². The molecule has 4 rings (SSSR count). The maximum atomic E-state index is 14.4. The van der Waals surface area contributed by atoms with E-state index in [1.165, 1.54) is 0 Å². The first kappa shape index (κ1) is 17.9. The van der Waals surface area contributed by atoms with Crippen molar-refractivity contribution in [1.82, 2.24) is 0 Å². The summed E-state index contributed by atoms with van der Waals surface area (Å²) in [5, 5.41) is 10.4. The number of aryl methyl sites for hydroxylation is 1. The molecule has 0 amide bonds. The van der Waals surface area contributed by atoms with Gasteiger partial charge in [0.25, 0.3) is 0 Å². The molecule has 0 saturated carbocycles. The van der Waals surface area contributed by atoms with Crippen LogP contribution in [0, 0.1) is 11.6 Å². The zero-order valence-electron chi connectivity index (χ0n) is 14.8. The van der Waals surface area contributed by atoms with Crippen LogP contribution >= 0.6 is 0 Å². The second-order valence-electron chi connectivity index (χ2n) is 6.41. The van der Waals surface area contributed by atoms with Crippen LogP contribution in [-0.2, 0) is 6.42 Å². The lowest BCUT2D eigenvalue weighted by Crippen LogP contribution is -2.07. The van der Waals surface area contributed by atoms with E-state index >= 15 is 0 Å². The predicted molar refractivity (Wildman–Crippen MR) is 101 cm³/mol. The summed E-state index contributed by atoms with van der Waals surface area (Å²) in [7, 11) is 0. The minimum Gasteiger partial charge on any atom is -0.505 e. The van der Waals surface area contributed by atoms with Gasteiger partial charge < -0.3 is 9.52 Å². The number of halogens is 2. The monoisotopic (exact) mass is 380 g/mol. The molecule has 0 fully saturated rings. The van der Waals surface area contributed by atoms with Crippen molar-refractivity contribution in [3.8, 4) is 28.2 Å². The number of phenols is 1. The number of carbonyl (C=O) groups is 1. The molecular formula is C22H14F2O4. The van der Waals surface area contributed by atoms with E-state index in [4.69, 9.17) is 4.42 Å². The van der Waals surface area contributed by atoms with Crippen molar-refractivity contribution >= 4 is 17.3 Å². The van der Waals surface area contributed by atoms with Gasteiger partial charge in [-0.2, -0.15) is 0 Å². The molecule has 0 bridgehead atoms. The Labute approximate surface area is 158 Å². The maximum absolute atomic E-state index is 14.4. The number of benzene rings is 3. The van der Waals surface area contributed by atoms with E-state index in [2.05, 4.69) is 0 Å². The maximum Gasteiger partial charge on any atom is 0.217 e. The van der Waals surface area contributed by atoms with Gasteiger partial charge in [-0.05, 0) is 24.1 Å². The van der Waals surface area contributed by atoms with E-state index in [-0.39, 0.29) is 28.9 Å². The molecule has 140 valence electrons. The summed E-state index contributed by atoms with van der Waals surface area (Å²) in [6.45, 7) is 1.73. The molecule has 2 aromatic carbocycles. The Hall–Kier alpha value is -3.54. The molecule has 0 saturated heterocycles. The summed E-state index contributed by atoms with van der Waals surface area (Å²) in [4.78, 5) is 22.7. The van der Waals surface area contributed by atoms with Crippen LogP contribution in [0.1, 0.15) is 22.8 Å². The van der Waals surface area contributed by atoms with E-state index in [9.17, 15) is 23.5 Å². The smallest absolute Gasteiger partial charge is 0.217 e. The second-order valence-corrected chi connectivity index (χ2v) is 6.41. The van der Waals surface area contributed by atoms with Gasteiger partial charge in [-0.1, -0.05) is 31.2 Å². The molecule has 6 heteroatoms. The fourth-order valence-corrected chi connectivity index (χ4v) is 3.41. The molecule has 1 heterocycles. The number of rotatable bonds is 3. The predicted octanol–water partition coefficient (Wildman–Crippen LogP) is 4.92. The number of aromatic hydroxyl groups is 1. The Bertz CT molecular complexity index is 1260. The number of phenolic OH excluding ortho intramolecular Hbond substituents is 1. The zero-order valence-corrected chi connectivity index (χ0v) is 14.8. The van der Waals surface area contributed by atoms with Gasteiger partial charge in [-0.25, -0.2) is 8.78 Å². The van der Waals surface area contributed by atoms with Crippen LogP contribution < -0.4 is 5.43 Å². The first-order chi connectivity index (χ1) is 13.4. The third-order valence-corrected chi connectivity index (χ3v) is 4.78. The van der Waals surface area contributed by atoms with Gasteiger partial charge in [0.1, 0.15) is 17.6 Å². The third kappa shape index (κ3) is 2.65. The lowest BCUT2D eigenvalue weighted by atomic mass is 9.91. The van der Waals surface area contributed by atoms with E-state index in [1.54, 1.807) is 31.2 Å². The van der Waals surface area contributed by atoms with Crippen molar-refractivity contribution < 1.29 is 23.1 Å². The van der Waals surface area contributed by atoms with Crippen LogP contribution in [0.25, 0.3) is 33.4 Å². The Morgan fingerprint density at radius 2 is 1.79 bits per heavy atom. The highest BCUT2D eigenvalue weighted by atomic mass is 19.1. The number of carbonyl (C=O) groups excluding carboxylic acids is 1. The highest BCUT2D eigenvalue weighted by Crippen LogP contribution is 2.43. The molecule has 0 atom stereocenters. The largest absolute Gasteiger partial charge is 0.505 e. The Balaban J connectivity index is 2.23. The summed E-state index contributed by atoms with van der Waals surface area (Å²) >= 11 is 0. The van der Waals surface area contributed by atoms with Gasteiger partial charge in [-0.15, -0.1) is 0 Å². The first-order valence-corrected chi connectivity index (χ1v) is 8.60. The Kier molecular flexibility index (Phi) is 4.19. The molecule has 4 nitrogen and oxygen atoms in total. The quantitative estimate of drug-likeness (QED) is 0.404. The van der Waals surface area contributed by atoms with Crippen LogP contribution in [0.2, 0.25) is 0 Å². The topological polar surface area (TPSA) is 67.5 Å². The van der Waals surface area contributed by atoms with Crippen molar-refractivity contribution in [2.45, 2.75) is 13.3 Å². The Morgan fingerprint density at radius 3 is 2.43 bits per heavy atom. The van der Waals surface area contributed by atoms with Gasteiger partial charge in [0.2, 0.25) is 5.43 Å². The van der Waals surface area contributed by atoms with Crippen LogP contribution in [-0.4, -0.2) is 11.4 Å². The number of aldehydes is 1. The van der Waals surface area contributed by atoms with Crippen LogP contribution in [0.15, 0.2) is 51.7 Å². The van der Waals surface area contributed by atoms with Crippen LogP contribution in [0.4, 0.5) is 8.78 Å². The van der Waals surface area contributed by atoms with E-state index in [0.717, 1.165) is 18.2 Å². The highest BCUT2D eigenvalue weighted by Gasteiger charge is 2.23. The minimum absolute atomic E-state index is 0.120. The summed E-state index contributed by atoms with van der Waals surface area (Å²) in [6, 6.07) is 9.68. The molecule has 0 aromatic heterocycles. The van der Waals surface area contributed by atoms with E-state index in [0.29, 0.717) is 28.4 Å². The van der Waals surface area contributed by atoms with Gasteiger partial charge in [0, 0.05) is 33.7 Å². The molecule has 2 aliphatic rings. The van der Waals surface area contributed by atoms with E-state index < -0.39 is 22.8 Å². The molecule has 28 heavy (non-hydrogen) atoms. The summed E-state index contributed by atoms with van der Waals surface area (Å²) in [6.07, 6.45) is 0.973. The fourth-order valence-electron chi connectivity index (χ4n) is 3.41. The van der Waals surface area contributed by atoms with Gasteiger partial charge in [0.05, 0.1) is 0 Å². The molecule has 1 aliphatic heterocycles. The summed E-state index contributed by atoms with van der Waals surface area (Å²) in [5.74, 6) is -2.19. The fraction of sp³-hybridized carbons (Fsp3) is 0.0909. The van der Waals surface area contributed by atoms with Crippen molar-refractivity contribution in [3.05, 3.63) is 75.4 Å². The standard InChI is InChI=1S/C22H14F2O4/c1-2-13-21(27)17(24)8-15-20(12-5-3-11(10-25)4-6-12)14-7-16(23)18(26)9-19(14)28-22(13)15/h3-10,27H,2H2,1H3. The zero-order chi connectivity index (χ0) is 20.0. The van der Waals surface area contributed by atoms with Crippen LogP contribution in [0.5, 0.6) is 5.75 Å². The molecule has 0 unspecified atom stereocenters. The Morgan fingerprint density at radius 1 is 1.07 bits per heavy atom. The lowest BCUT2D eigenvalue weighted by molar-refractivity contribution is 0.112. The van der Waals surface area contributed by atoms with Crippen molar-refractivity contribution in [2.24, 2.45) is 0 Å². The van der Waals surface area contributed by atoms with E-state index in [1.807, 2.05) is 0 Å². The molecule has 2 aromatic rings. The molecule has 1 N–H and O–H groups in total. The second kappa shape index (κ2) is 6.56. The van der Waals surface area contributed by atoms with Crippen molar-refractivity contribution in [3.63, 3.8) is 0 Å². The summed E-state index contributed by atoms with van der Waals surface area (Å²) in [5.41, 5.74) is 1.40. The number of fused-ring (bicyclic) bond motifs is 2. The van der Waals surface area contributed by atoms with Gasteiger partial charge in [0.15, 0.2) is 17.4 Å². The highest BCUT2D eigenvalue weighted by molar-refractivity contribution is 6.03. The SMILES string of the molecule is CCc1c(O)c(F)cc2c(-c3ccc(C=O)cc3)c3cc(F)c(=O)cc-3oc12. The van der Waals surface area contributed by atoms with Crippen molar-refractivity contribution in [1.29, 1.82) is 0 Å². The average Bonchev–Trinajstić information content (AvgIpc) is 2.69. The normalized spacial score (nSPS) is 11.2. The van der Waals surface area contributed by atoms with Crippen LogP contribution in [0.3, 0.4) is 0 Å². The van der Waals surface area contributed by atoms with Gasteiger partial charge in [-0.3, -0.25) is 9.59 Å². The lowest BCUT2D eigenvalue weighted by Gasteiger charge is -2.17. The minimum atomic E-state index is -0.956.